The minimum atomic E-state index is -0.136. The lowest BCUT2D eigenvalue weighted by Gasteiger charge is -2.07. The minimum absolute atomic E-state index is 0.136. The van der Waals surface area contributed by atoms with Crippen LogP contribution in [-0.2, 0) is 13.6 Å². The van der Waals surface area contributed by atoms with Gasteiger partial charge in [-0.15, -0.1) is 10.2 Å². The van der Waals surface area contributed by atoms with Gasteiger partial charge in [0.15, 0.2) is 11.6 Å². The molecule has 4 aromatic rings. The second-order valence-electron chi connectivity index (χ2n) is 5.58. The molecule has 0 saturated carbocycles. The summed E-state index contributed by atoms with van der Waals surface area (Å²) < 4.78 is 3.37. The number of aromatic nitrogens is 6. The molecular formula is C17H13ClN6O. The lowest BCUT2D eigenvalue weighted by atomic mass is 10.2. The number of fused-ring (bicyclic) bond motifs is 1. The Labute approximate surface area is 147 Å². The van der Waals surface area contributed by atoms with E-state index in [9.17, 15) is 4.79 Å². The number of hydrogen-bond donors (Lipinski definition) is 0. The fourth-order valence-electron chi connectivity index (χ4n) is 2.62. The predicted molar refractivity (Wildman–Crippen MR) is 94.3 cm³/mol. The highest BCUT2D eigenvalue weighted by Crippen LogP contribution is 2.20. The SMILES string of the molecule is Cn1c(Cn2cnc3cnccc3c2=O)nnc1-c1ccc(Cl)cc1. The Kier molecular flexibility index (Phi) is 3.77. The number of rotatable bonds is 3. The van der Waals surface area contributed by atoms with Crippen LogP contribution in [0, 0.1) is 0 Å². The molecule has 0 fully saturated rings. The molecule has 0 saturated heterocycles. The van der Waals surface area contributed by atoms with Gasteiger partial charge in [-0.25, -0.2) is 4.98 Å². The molecule has 0 unspecified atom stereocenters. The summed E-state index contributed by atoms with van der Waals surface area (Å²) in [4.78, 5) is 20.8. The first-order valence-corrected chi connectivity index (χ1v) is 7.94. The Morgan fingerprint density at radius 1 is 1.12 bits per heavy atom. The van der Waals surface area contributed by atoms with Crippen molar-refractivity contribution >= 4 is 22.5 Å². The van der Waals surface area contributed by atoms with Crippen LogP contribution in [0.4, 0.5) is 0 Å². The van der Waals surface area contributed by atoms with E-state index in [1.54, 1.807) is 30.6 Å². The summed E-state index contributed by atoms with van der Waals surface area (Å²) in [5.41, 5.74) is 1.34. The third-order valence-corrected chi connectivity index (χ3v) is 4.26. The van der Waals surface area contributed by atoms with Gasteiger partial charge in [-0.05, 0) is 30.3 Å². The molecule has 8 heteroatoms. The maximum absolute atomic E-state index is 12.6. The van der Waals surface area contributed by atoms with Crippen molar-refractivity contribution in [2.24, 2.45) is 7.05 Å². The maximum atomic E-state index is 12.6. The Morgan fingerprint density at radius 2 is 1.92 bits per heavy atom. The zero-order chi connectivity index (χ0) is 17.4. The molecule has 7 nitrogen and oxygen atoms in total. The molecule has 124 valence electrons. The number of nitrogens with zero attached hydrogens (tertiary/aromatic N) is 6. The van der Waals surface area contributed by atoms with Crippen LogP contribution < -0.4 is 5.56 Å². The van der Waals surface area contributed by atoms with E-state index in [1.807, 2.05) is 23.7 Å². The summed E-state index contributed by atoms with van der Waals surface area (Å²) in [6.07, 6.45) is 4.65. The zero-order valence-electron chi connectivity index (χ0n) is 13.3. The third kappa shape index (κ3) is 2.78. The summed E-state index contributed by atoms with van der Waals surface area (Å²) >= 11 is 5.92. The lowest BCUT2D eigenvalue weighted by Crippen LogP contribution is -2.22. The molecule has 0 N–H and O–H groups in total. The Hall–Kier alpha value is -3.06. The van der Waals surface area contributed by atoms with E-state index in [-0.39, 0.29) is 12.1 Å². The van der Waals surface area contributed by atoms with Crippen LogP contribution in [0.5, 0.6) is 0 Å². The van der Waals surface area contributed by atoms with Crippen LogP contribution in [0.2, 0.25) is 5.02 Å². The third-order valence-electron chi connectivity index (χ3n) is 4.01. The Bertz CT molecular complexity index is 1120. The molecule has 0 amide bonds. The molecule has 0 bridgehead atoms. The number of benzene rings is 1. The largest absolute Gasteiger partial charge is 0.313 e. The predicted octanol–water partition coefficient (Wildman–Crippen LogP) is 2.29. The van der Waals surface area contributed by atoms with Gasteiger partial charge in [0.1, 0.15) is 0 Å². The van der Waals surface area contributed by atoms with Gasteiger partial charge < -0.3 is 4.57 Å². The molecule has 0 aliphatic heterocycles. The monoisotopic (exact) mass is 352 g/mol. The molecule has 3 heterocycles. The van der Waals surface area contributed by atoms with E-state index in [4.69, 9.17) is 11.6 Å². The van der Waals surface area contributed by atoms with Crippen LogP contribution in [0.3, 0.4) is 0 Å². The molecule has 0 atom stereocenters. The van der Waals surface area contributed by atoms with Crippen LogP contribution in [0.15, 0.2) is 53.8 Å². The first kappa shape index (κ1) is 15.5. The summed E-state index contributed by atoms with van der Waals surface area (Å²) in [5, 5.41) is 9.63. The molecule has 4 rings (SSSR count). The van der Waals surface area contributed by atoms with E-state index in [1.165, 1.54) is 10.9 Å². The van der Waals surface area contributed by atoms with Crippen LogP contribution in [0.1, 0.15) is 5.82 Å². The van der Waals surface area contributed by atoms with E-state index >= 15 is 0 Å². The van der Waals surface area contributed by atoms with Crippen molar-refractivity contribution in [1.82, 2.24) is 29.3 Å². The van der Waals surface area contributed by atoms with Crippen molar-refractivity contribution in [2.75, 3.05) is 0 Å². The molecule has 0 aliphatic carbocycles. The summed E-state index contributed by atoms with van der Waals surface area (Å²) in [6.45, 7) is 0.279. The van der Waals surface area contributed by atoms with Crippen molar-refractivity contribution in [3.8, 4) is 11.4 Å². The number of halogens is 1. The van der Waals surface area contributed by atoms with Crippen LogP contribution >= 0.6 is 11.6 Å². The Morgan fingerprint density at radius 3 is 2.72 bits per heavy atom. The first-order chi connectivity index (χ1) is 12.1. The van der Waals surface area contributed by atoms with E-state index in [0.29, 0.717) is 27.6 Å². The minimum Gasteiger partial charge on any atom is -0.313 e. The molecule has 1 aromatic carbocycles. The van der Waals surface area contributed by atoms with Gasteiger partial charge in [-0.1, -0.05) is 11.6 Å². The van der Waals surface area contributed by atoms with Gasteiger partial charge in [0.25, 0.3) is 5.56 Å². The van der Waals surface area contributed by atoms with Crippen molar-refractivity contribution in [2.45, 2.75) is 6.54 Å². The Balaban J connectivity index is 1.71. The zero-order valence-corrected chi connectivity index (χ0v) is 14.1. The fraction of sp³-hybridized carbons (Fsp3) is 0.118. The second-order valence-corrected chi connectivity index (χ2v) is 6.01. The number of hydrogen-bond acceptors (Lipinski definition) is 5. The molecule has 3 aromatic heterocycles. The quantitative estimate of drug-likeness (QED) is 0.565. The molecule has 0 aliphatic rings. The summed E-state index contributed by atoms with van der Waals surface area (Å²) in [7, 11) is 1.86. The van der Waals surface area contributed by atoms with Gasteiger partial charge >= 0.3 is 0 Å². The van der Waals surface area contributed by atoms with E-state index in [0.717, 1.165) is 5.56 Å². The highest BCUT2D eigenvalue weighted by molar-refractivity contribution is 6.30. The van der Waals surface area contributed by atoms with Gasteiger partial charge in [0.05, 0.1) is 30.0 Å². The molecule has 0 spiro atoms. The fourth-order valence-corrected chi connectivity index (χ4v) is 2.75. The number of pyridine rings is 1. The van der Waals surface area contributed by atoms with Gasteiger partial charge in [0.2, 0.25) is 0 Å². The van der Waals surface area contributed by atoms with Crippen molar-refractivity contribution in [1.29, 1.82) is 0 Å². The highest BCUT2D eigenvalue weighted by Gasteiger charge is 2.13. The maximum Gasteiger partial charge on any atom is 0.261 e. The van der Waals surface area contributed by atoms with Gasteiger partial charge in [-0.2, -0.15) is 0 Å². The van der Waals surface area contributed by atoms with E-state index in [2.05, 4.69) is 20.2 Å². The highest BCUT2D eigenvalue weighted by atomic mass is 35.5. The first-order valence-electron chi connectivity index (χ1n) is 7.57. The lowest BCUT2D eigenvalue weighted by molar-refractivity contribution is 0.672. The normalized spacial score (nSPS) is 11.1. The smallest absolute Gasteiger partial charge is 0.261 e. The van der Waals surface area contributed by atoms with Gasteiger partial charge in [-0.3, -0.25) is 14.3 Å². The summed E-state index contributed by atoms with van der Waals surface area (Å²) in [5.74, 6) is 1.36. The van der Waals surface area contributed by atoms with Gasteiger partial charge in [0, 0.05) is 23.8 Å². The van der Waals surface area contributed by atoms with E-state index < -0.39 is 0 Å². The topological polar surface area (TPSA) is 78.5 Å². The summed E-state index contributed by atoms with van der Waals surface area (Å²) in [6, 6.07) is 9.03. The van der Waals surface area contributed by atoms with Crippen molar-refractivity contribution < 1.29 is 0 Å². The average molecular weight is 353 g/mol. The van der Waals surface area contributed by atoms with Crippen molar-refractivity contribution in [3.63, 3.8) is 0 Å². The average Bonchev–Trinajstić information content (AvgIpc) is 2.99. The second kappa shape index (κ2) is 6.10. The van der Waals surface area contributed by atoms with Crippen LogP contribution in [-0.4, -0.2) is 29.3 Å². The molecular weight excluding hydrogens is 340 g/mol. The van der Waals surface area contributed by atoms with Crippen molar-refractivity contribution in [3.05, 3.63) is 70.3 Å². The molecule has 0 radical (unpaired) electrons. The van der Waals surface area contributed by atoms with Crippen LogP contribution in [0.25, 0.3) is 22.3 Å². The standard InChI is InChI=1S/C17H13ClN6O/c1-23-15(21-22-16(23)11-2-4-12(18)5-3-11)9-24-10-20-14-8-19-7-6-13(14)17(24)25/h2-8,10H,9H2,1H3. The molecule has 25 heavy (non-hydrogen) atoms.